The number of nitrogens with zero attached hydrogens (tertiary/aromatic N) is 1. The number of halogens is 1. The Balaban J connectivity index is 2.09. The third kappa shape index (κ3) is 2.99. The van der Waals surface area contributed by atoms with Gasteiger partial charge in [-0.05, 0) is 13.0 Å². The molecule has 0 aliphatic carbocycles. The fourth-order valence-corrected chi connectivity index (χ4v) is 2.04. The van der Waals surface area contributed by atoms with Crippen LogP contribution in [-0.2, 0) is 4.74 Å². The summed E-state index contributed by atoms with van der Waals surface area (Å²) in [7, 11) is 0. The van der Waals surface area contributed by atoms with Crippen molar-refractivity contribution in [2.24, 2.45) is 0 Å². The van der Waals surface area contributed by atoms with Crippen LogP contribution in [0.4, 0.5) is 15.8 Å². The molecule has 1 aliphatic heterocycles. The molecule has 2 unspecified atom stereocenters. The number of anilines is 1. The Morgan fingerprint density at radius 1 is 1.63 bits per heavy atom. The minimum absolute atomic E-state index is 0.148. The highest BCUT2D eigenvalue weighted by molar-refractivity contribution is 5.51. The molecule has 1 aromatic carbocycles. The van der Waals surface area contributed by atoms with Gasteiger partial charge in [0.15, 0.2) is 0 Å². The Morgan fingerprint density at radius 2 is 2.37 bits per heavy atom. The number of hydrogen-bond acceptors (Lipinski definition) is 5. The van der Waals surface area contributed by atoms with E-state index in [1.807, 2.05) is 0 Å². The van der Waals surface area contributed by atoms with Crippen molar-refractivity contribution in [2.45, 2.75) is 25.0 Å². The highest BCUT2D eigenvalue weighted by Crippen LogP contribution is 2.27. The maximum atomic E-state index is 13.2. The second kappa shape index (κ2) is 5.10. The van der Waals surface area contributed by atoms with Crippen LogP contribution in [0.5, 0.6) is 0 Å². The topological polar surface area (TPSA) is 84.6 Å². The SMILES string of the molecule is CC1OCCC1(O)CNc1cc(F)cc([N+](=O)[O-])c1. The second-order valence-electron chi connectivity index (χ2n) is 4.68. The Kier molecular flexibility index (Phi) is 3.68. The highest BCUT2D eigenvalue weighted by Gasteiger charge is 2.39. The fraction of sp³-hybridized carbons (Fsp3) is 0.500. The molecule has 2 atom stereocenters. The fourth-order valence-electron chi connectivity index (χ4n) is 2.04. The van der Waals surface area contributed by atoms with Gasteiger partial charge in [0.2, 0.25) is 0 Å². The van der Waals surface area contributed by atoms with Crippen molar-refractivity contribution in [3.63, 3.8) is 0 Å². The van der Waals surface area contributed by atoms with Crippen LogP contribution in [-0.4, -0.2) is 34.9 Å². The predicted molar refractivity (Wildman–Crippen MR) is 66.5 cm³/mol. The lowest BCUT2D eigenvalue weighted by Gasteiger charge is -2.26. The summed E-state index contributed by atoms with van der Waals surface area (Å²) >= 11 is 0. The minimum Gasteiger partial charge on any atom is -0.385 e. The lowest BCUT2D eigenvalue weighted by Crippen LogP contribution is -2.43. The third-order valence-corrected chi connectivity index (χ3v) is 3.35. The number of non-ortho nitro benzene ring substituents is 1. The van der Waals surface area contributed by atoms with Gasteiger partial charge in [0.05, 0.1) is 17.1 Å². The molecular weight excluding hydrogens is 255 g/mol. The van der Waals surface area contributed by atoms with Gasteiger partial charge in [0, 0.05) is 31.3 Å². The van der Waals surface area contributed by atoms with Crippen LogP contribution in [0.15, 0.2) is 18.2 Å². The Bertz CT molecular complexity index is 497. The van der Waals surface area contributed by atoms with Gasteiger partial charge in [-0.2, -0.15) is 0 Å². The van der Waals surface area contributed by atoms with E-state index in [4.69, 9.17) is 4.74 Å². The number of aliphatic hydroxyl groups is 1. The monoisotopic (exact) mass is 270 g/mol. The van der Waals surface area contributed by atoms with E-state index in [1.54, 1.807) is 6.92 Å². The number of nitro groups is 1. The van der Waals surface area contributed by atoms with E-state index in [0.29, 0.717) is 13.0 Å². The van der Waals surface area contributed by atoms with Gasteiger partial charge in [-0.15, -0.1) is 0 Å². The van der Waals surface area contributed by atoms with Crippen LogP contribution < -0.4 is 5.32 Å². The Hall–Kier alpha value is -1.73. The maximum absolute atomic E-state index is 13.2. The molecule has 1 heterocycles. The number of rotatable bonds is 4. The van der Waals surface area contributed by atoms with Gasteiger partial charge in [-0.3, -0.25) is 10.1 Å². The van der Waals surface area contributed by atoms with Crippen LogP contribution in [0.2, 0.25) is 0 Å². The van der Waals surface area contributed by atoms with E-state index in [2.05, 4.69) is 5.32 Å². The van der Waals surface area contributed by atoms with E-state index in [9.17, 15) is 19.6 Å². The zero-order valence-electron chi connectivity index (χ0n) is 10.4. The third-order valence-electron chi connectivity index (χ3n) is 3.35. The van der Waals surface area contributed by atoms with Gasteiger partial charge in [-0.25, -0.2) is 4.39 Å². The van der Waals surface area contributed by atoms with Crippen LogP contribution >= 0.6 is 0 Å². The van der Waals surface area contributed by atoms with E-state index in [0.717, 1.165) is 12.1 Å². The smallest absolute Gasteiger partial charge is 0.274 e. The molecule has 104 valence electrons. The number of hydrogen-bond donors (Lipinski definition) is 2. The van der Waals surface area contributed by atoms with Crippen molar-refractivity contribution in [3.05, 3.63) is 34.1 Å². The quantitative estimate of drug-likeness (QED) is 0.642. The molecule has 19 heavy (non-hydrogen) atoms. The van der Waals surface area contributed by atoms with Crippen molar-refractivity contribution in [2.75, 3.05) is 18.5 Å². The Labute approximate surface area is 109 Å². The summed E-state index contributed by atoms with van der Waals surface area (Å²) in [4.78, 5) is 9.96. The molecule has 2 N–H and O–H groups in total. The lowest BCUT2D eigenvalue weighted by molar-refractivity contribution is -0.385. The van der Waals surface area contributed by atoms with E-state index < -0.39 is 16.3 Å². The van der Waals surface area contributed by atoms with E-state index in [-0.39, 0.29) is 24.0 Å². The molecular formula is C12H15FN2O4. The second-order valence-corrected chi connectivity index (χ2v) is 4.68. The van der Waals surface area contributed by atoms with Gasteiger partial charge < -0.3 is 15.2 Å². The molecule has 0 spiro atoms. The molecule has 0 radical (unpaired) electrons. The maximum Gasteiger partial charge on any atom is 0.274 e. The first kappa shape index (κ1) is 13.7. The number of nitrogens with one attached hydrogen (secondary N) is 1. The predicted octanol–water partition coefficient (Wildman–Crippen LogP) is 1.69. The number of benzene rings is 1. The molecule has 2 rings (SSSR count). The average molecular weight is 270 g/mol. The molecule has 1 saturated heterocycles. The summed E-state index contributed by atoms with van der Waals surface area (Å²) < 4.78 is 18.5. The van der Waals surface area contributed by atoms with Crippen LogP contribution in [0, 0.1) is 15.9 Å². The average Bonchev–Trinajstić information content (AvgIpc) is 2.67. The van der Waals surface area contributed by atoms with E-state index >= 15 is 0 Å². The molecule has 0 amide bonds. The molecule has 1 fully saturated rings. The summed E-state index contributed by atoms with van der Waals surface area (Å²) in [5.41, 5.74) is -1.11. The highest BCUT2D eigenvalue weighted by atomic mass is 19.1. The van der Waals surface area contributed by atoms with Crippen molar-refractivity contribution in [1.29, 1.82) is 0 Å². The van der Waals surface area contributed by atoms with Crippen molar-refractivity contribution < 1.29 is 19.2 Å². The van der Waals surface area contributed by atoms with Crippen molar-refractivity contribution >= 4 is 11.4 Å². The minimum atomic E-state index is -1.04. The van der Waals surface area contributed by atoms with Gasteiger partial charge >= 0.3 is 0 Å². The van der Waals surface area contributed by atoms with E-state index in [1.165, 1.54) is 6.07 Å². The van der Waals surface area contributed by atoms with Gasteiger partial charge in [-0.1, -0.05) is 0 Å². The van der Waals surface area contributed by atoms with Crippen LogP contribution in [0.1, 0.15) is 13.3 Å². The van der Waals surface area contributed by atoms with Gasteiger partial charge in [0.25, 0.3) is 5.69 Å². The molecule has 0 aromatic heterocycles. The Morgan fingerprint density at radius 3 is 2.95 bits per heavy atom. The molecule has 0 saturated carbocycles. The molecule has 6 nitrogen and oxygen atoms in total. The van der Waals surface area contributed by atoms with Crippen molar-refractivity contribution in [3.8, 4) is 0 Å². The standard InChI is InChI=1S/C12H15FN2O4/c1-8-12(16,2-3-19-8)7-14-10-4-9(13)5-11(6-10)15(17)18/h4-6,8,14,16H,2-3,7H2,1H3. The van der Waals surface area contributed by atoms with Crippen LogP contribution in [0.3, 0.4) is 0 Å². The number of nitro benzene ring substituents is 1. The normalized spacial score (nSPS) is 26.4. The summed E-state index contributed by atoms with van der Waals surface area (Å²) in [6, 6.07) is 3.23. The molecule has 1 aromatic rings. The first-order chi connectivity index (χ1) is 8.90. The molecule has 1 aliphatic rings. The summed E-state index contributed by atoms with van der Waals surface area (Å²) in [6.07, 6.45) is 0.141. The zero-order chi connectivity index (χ0) is 14.0. The summed E-state index contributed by atoms with van der Waals surface area (Å²) in [5, 5.41) is 23.7. The molecule has 7 heteroatoms. The molecule has 0 bridgehead atoms. The van der Waals surface area contributed by atoms with Gasteiger partial charge in [0.1, 0.15) is 11.4 Å². The summed E-state index contributed by atoms with van der Waals surface area (Å²) in [5.74, 6) is -0.695. The first-order valence-electron chi connectivity index (χ1n) is 5.93. The summed E-state index contributed by atoms with van der Waals surface area (Å²) in [6.45, 7) is 2.36. The van der Waals surface area contributed by atoms with Crippen LogP contribution in [0.25, 0.3) is 0 Å². The zero-order valence-corrected chi connectivity index (χ0v) is 10.4. The number of ether oxygens (including phenoxy) is 1. The largest absolute Gasteiger partial charge is 0.385 e. The first-order valence-corrected chi connectivity index (χ1v) is 5.93. The lowest BCUT2D eigenvalue weighted by atomic mass is 9.96. The van der Waals surface area contributed by atoms with Crippen molar-refractivity contribution in [1.82, 2.24) is 0 Å².